The van der Waals surface area contributed by atoms with E-state index < -0.39 is 11.5 Å². The molecule has 0 aliphatic rings. The van der Waals surface area contributed by atoms with Gasteiger partial charge in [-0.3, -0.25) is 14.0 Å². The molecule has 3 aromatic heterocycles. The third-order valence-corrected chi connectivity index (χ3v) is 5.29. The van der Waals surface area contributed by atoms with Crippen LogP contribution in [0.1, 0.15) is 34.6 Å². The summed E-state index contributed by atoms with van der Waals surface area (Å²) in [5, 5.41) is 8.89. The van der Waals surface area contributed by atoms with E-state index in [4.69, 9.17) is 0 Å². The van der Waals surface area contributed by atoms with Crippen LogP contribution in [0.25, 0.3) is 10.6 Å². The molecule has 9 heteroatoms. The van der Waals surface area contributed by atoms with E-state index in [9.17, 15) is 14.0 Å². The molecule has 1 N–H and O–H groups in total. The van der Waals surface area contributed by atoms with Crippen molar-refractivity contribution >= 4 is 22.2 Å². The van der Waals surface area contributed by atoms with E-state index >= 15 is 0 Å². The third kappa shape index (κ3) is 3.09. The van der Waals surface area contributed by atoms with E-state index in [2.05, 4.69) is 15.4 Å². The maximum Gasteiger partial charge on any atom is 0.271 e. The number of carbonyl (C=O) groups excluding carboxylic acids is 1. The molecule has 142 valence electrons. The molecule has 0 fully saturated rings. The highest BCUT2D eigenvalue weighted by molar-refractivity contribution is 7.15. The van der Waals surface area contributed by atoms with Crippen LogP contribution in [0.3, 0.4) is 0 Å². The summed E-state index contributed by atoms with van der Waals surface area (Å²) in [6, 6.07) is 5.60. The predicted octanol–water partition coefficient (Wildman–Crippen LogP) is 2.88. The monoisotopic (exact) mass is 397 g/mol. The molecule has 0 unspecified atom stereocenters. The molecule has 1 aromatic carbocycles. The van der Waals surface area contributed by atoms with Gasteiger partial charge >= 0.3 is 0 Å². The van der Waals surface area contributed by atoms with Crippen LogP contribution < -0.4 is 10.9 Å². The number of nitrogens with zero attached hydrogens (tertiary/aromatic N) is 4. The number of carbonyl (C=O) groups is 1. The van der Waals surface area contributed by atoms with Gasteiger partial charge in [0, 0.05) is 29.0 Å². The molecule has 0 aliphatic carbocycles. The Kier molecular flexibility index (Phi) is 4.52. The SMILES string of the molecule is Cc1c([C@@H](C)NC(=O)c2cnc3sccn3c2=O)cnn1-c1ccc(F)cc1. The Labute approximate surface area is 163 Å². The van der Waals surface area contributed by atoms with Crippen molar-refractivity contribution in [3.05, 3.63) is 81.2 Å². The van der Waals surface area contributed by atoms with E-state index in [1.54, 1.807) is 34.6 Å². The number of thiazole rings is 1. The van der Waals surface area contributed by atoms with Gasteiger partial charge in [0.2, 0.25) is 0 Å². The van der Waals surface area contributed by atoms with Gasteiger partial charge in [0.25, 0.3) is 11.5 Å². The average Bonchev–Trinajstić information content (AvgIpc) is 3.30. The summed E-state index contributed by atoms with van der Waals surface area (Å²) < 4.78 is 16.2. The molecule has 28 heavy (non-hydrogen) atoms. The van der Waals surface area contributed by atoms with Gasteiger partial charge in [0.1, 0.15) is 11.4 Å². The molecule has 0 aliphatic heterocycles. The number of halogens is 1. The maximum absolute atomic E-state index is 13.1. The van der Waals surface area contributed by atoms with Crippen molar-refractivity contribution in [1.82, 2.24) is 24.5 Å². The summed E-state index contributed by atoms with van der Waals surface area (Å²) in [6.45, 7) is 3.67. The molecule has 0 bridgehead atoms. The number of amides is 1. The molecule has 7 nitrogen and oxygen atoms in total. The van der Waals surface area contributed by atoms with Crippen molar-refractivity contribution in [3.8, 4) is 5.69 Å². The number of benzene rings is 1. The number of aromatic nitrogens is 4. The van der Waals surface area contributed by atoms with Gasteiger partial charge in [-0.05, 0) is 38.1 Å². The second kappa shape index (κ2) is 7.01. The van der Waals surface area contributed by atoms with E-state index in [1.807, 2.05) is 13.8 Å². The lowest BCUT2D eigenvalue weighted by Crippen LogP contribution is -2.33. The van der Waals surface area contributed by atoms with Crippen molar-refractivity contribution in [1.29, 1.82) is 0 Å². The Hall–Kier alpha value is -3.33. The van der Waals surface area contributed by atoms with Crippen LogP contribution in [0.2, 0.25) is 0 Å². The first-order valence-electron chi connectivity index (χ1n) is 8.52. The van der Waals surface area contributed by atoms with Gasteiger partial charge in [-0.2, -0.15) is 5.10 Å². The fraction of sp³-hybridized carbons (Fsp3) is 0.158. The van der Waals surface area contributed by atoms with Crippen LogP contribution in [0.5, 0.6) is 0 Å². The Morgan fingerprint density at radius 1 is 1.25 bits per heavy atom. The quantitative estimate of drug-likeness (QED) is 0.574. The van der Waals surface area contributed by atoms with Crippen molar-refractivity contribution in [2.75, 3.05) is 0 Å². The first-order chi connectivity index (χ1) is 13.5. The molecule has 3 heterocycles. The minimum Gasteiger partial charge on any atom is -0.345 e. The number of nitrogens with one attached hydrogen (secondary N) is 1. The average molecular weight is 397 g/mol. The highest BCUT2D eigenvalue weighted by Crippen LogP contribution is 2.20. The van der Waals surface area contributed by atoms with Gasteiger partial charge in [-0.25, -0.2) is 14.1 Å². The third-order valence-electron chi connectivity index (χ3n) is 4.52. The van der Waals surface area contributed by atoms with E-state index in [1.165, 1.54) is 34.1 Å². The van der Waals surface area contributed by atoms with Gasteiger partial charge in [0.05, 0.1) is 17.9 Å². The normalized spacial score (nSPS) is 12.2. The van der Waals surface area contributed by atoms with Crippen LogP contribution in [-0.4, -0.2) is 25.1 Å². The zero-order valence-electron chi connectivity index (χ0n) is 15.1. The molecular formula is C19H16FN5O2S. The van der Waals surface area contributed by atoms with Crippen LogP contribution in [0, 0.1) is 12.7 Å². The van der Waals surface area contributed by atoms with Crippen molar-refractivity contribution in [2.45, 2.75) is 19.9 Å². The van der Waals surface area contributed by atoms with E-state index in [0.717, 1.165) is 11.3 Å². The van der Waals surface area contributed by atoms with Gasteiger partial charge in [-0.1, -0.05) is 0 Å². The number of hydrogen-bond donors (Lipinski definition) is 1. The lowest BCUT2D eigenvalue weighted by Gasteiger charge is -2.14. The summed E-state index contributed by atoms with van der Waals surface area (Å²) in [7, 11) is 0. The van der Waals surface area contributed by atoms with E-state index in [-0.39, 0.29) is 17.4 Å². The largest absolute Gasteiger partial charge is 0.345 e. The highest BCUT2D eigenvalue weighted by Gasteiger charge is 2.20. The first-order valence-corrected chi connectivity index (χ1v) is 9.40. The summed E-state index contributed by atoms with van der Waals surface area (Å²) >= 11 is 1.32. The van der Waals surface area contributed by atoms with Crippen LogP contribution >= 0.6 is 11.3 Å². The lowest BCUT2D eigenvalue weighted by atomic mass is 10.1. The smallest absolute Gasteiger partial charge is 0.271 e. The van der Waals surface area contributed by atoms with Gasteiger partial charge in [-0.15, -0.1) is 11.3 Å². The van der Waals surface area contributed by atoms with Crippen LogP contribution in [-0.2, 0) is 0 Å². The maximum atomic E-state index is 13.1. The molecule has 1 amide bonds. The van der Waals surface area contributed by atoms with Crippen LogP contribution in [0.15, 0.2) is 53.0 Å². The fourth-order valence-corrected chi connectivity index (χ4v) is 3.70. The zero-order valence-corrected chi connectivity index (χ0v) is 15.9. The highest BCUT2D eigenvalue weighted by atomic mass is 32.1. The topological polar surface area (TPSA) is 81.3 Å². The predicted molar refractivity (Wildman–Crippen MR) is 103 cm³/mol. The minimum absolute atomic E-state index is 0.0219. The number of fused-ring (bicyclic) bond motifs is 1. The van der Waals surface area contributed by atoms with Crippen molar-refractivity contribution < 1.29 is 9.18 Å². The Morgan fingerprint density at radius 3 is 2.75 bits per heavy atom. The van der Waals surface area contributed by atoms with Gasteiger partial charge in [0.15, 0.2) is 4.96 Å². The van der Waals surface area contributed by atoms with E-state index in [0.29, 0.717) is 10.6 Å². The molecule has 0 saturated heterocycles. The fourth-order valence-electron chi connectivity index (χ4n) is 3.02. The Morgan fingerprint density at radius 2 is 2.00 bits per heavy atom. The minimum atomic E-state index is -0.500. The molecule has 1 atom stereocenters. The second-order valence-corrected chi connectivity index (χ2v) is 7.17. The number of rotatable bonds is 4. The van der Waals surface area contributed by atoms with Crippen molar-refractivity contribution in [2.24, 2.45) is 0 Å². The Bertz CT molecular complexity index is 1230. The zero-order chi connectivity index (χ0) is 19.8. The molecular weight excluding hydrogens is 381 g/mol. The molecule has 0 spiro atoms. The standard InChI is InChI=1S/C19H16FN5O2S/c1-11(15-10-22-25(12(15)2)14-5-3-13(20)4-6-14)23-17(26)16-9-21-19-24(18(16)27)7-8-28-19/h3-11H,1-2H3,(H,23,26)/t11-/m1/s1. The molecule has 4 aromatic rings. The molecule has 4 rings (SSSR count). The van der Waals surface area contributed by atoms with Crippen molar-refractivity contribution in [3.63, 3.8) is 0 Å². The van der Waals surface area contributed by atoms with Gasteiger partial charge < -0.3 is 5.32 Å². The Balaban J connectivity index is 1.59. The van der Waals surface area contributed by atoms with Crippen LogP contribution in [0.4, 0.5) is 4.39 Å². The lowest BCUT2D eigenvalue weighted by molar-refractivity contribution is 0.0938. The summed E-state index contributed by atoms with van der Waals surface area (Å²) in [6.07, 6.45) is 4.54. The molecule has 0 saturated carbocycles. The first kappa shape index (κ1) is 18.1. The number of hydrogen-bond acceptors (Lipinski definition) is 5. The summed E-state index contributed by atoms with van der Waals surface area (Å²) in [5.74, 6) is -0.823. The second-order valence-electron chi connectivity index (χ2n) is 6.30. The summed E-state index contributed by atoms with van der Waals surface area (Å²) in [5.41, 5.74) is 1.89. The summed E-state index contributed by atoms with van der Waals surface area (Å²) in [4.78, 5) is 29.7. The molecule has 0 radical (unpaired) electrons.